The van der Waals surface area contributed by atoms with E-state index in [0.29, 0.717) is 18.9 Å². The van der Waals surface area contributed by atoms with E-state index < -0.39 is 10.7 Å². The first-order valence-electron chi connectivity index (χ1n) is 6.64. The van der Waals surface area contributed by atoms with Crippen LogP contribution in [-0.4, -0.2) is 23.8 Å². The van der Waals surface area contributed by atoms with Crippen molar-refractivity contribution in [3.8, 4) is 11.5 Å². The van der Waals surface area contributed by atoms with Gasteiger partial charge in [-0.3, -0.25) is 15.1 Å². The van der Waals surface area contributed by atoms with Gasteiger partial charge in [0.15, 0.2) is 0 Å². The molecule has 0 bridgehead atoms. The molecule has 0 saturated heterocycles. The average Bonchev–Trinajstić information content (AvgIpc) is 3.01. The molecule has 1 aliphatic rings. The van der Waals surface area contributed by atoms with Gasteiger partial charge < -0.3 is 10.1 Å². The van der Waals surface area contributed by atoms with Crippen LogP contribution in [0.1, 0.15) is 5.56 Å². The molecule has 0 radical (unpaired) electrons. The van der Waals surface area contributed by atoms with Gasteiger partial charge in [0.05, 0.1) is 23.1 Å². The molecule has 0 amide bonds. The molecule has 22 heavy (non-hydrogen) atoms. The van der Waals surface area contributed by atoms with Gasteiger partial charge in [-0.1, -0.05) is 12.1 Å². The summed E-state index contributed by atoms with van der Waals surface area (Å²) in [7, 11) is 0. The third kappa shape index (κ3) is 2.73. The number of nitrogens with zero attached hydrogens (tertiary/aromatic N) is 2. The number of hydrogen-bond donors (Lipinski definition) is 1. The lowest BCUT2D eigenvalue weighted by Crippen LogP contribution is -2.21. The van der Waals surface area contributed by atoms with Crippen LogP contribution < -0.4 is 10.1 Å². The Hall–Kier alpha value is -2.96. The van der Waals surface area contributed by atoms with Gasteiger partial charge >= 0.3 is 0 Å². The molecule has 0 atom stereocenters. The Balaban J connectivity index is 1.97. The van der Waals surface area contributed by atoms with Gasteiger partial charge in [0.2, 0.25) is 0 Å². The van der Waals surface area contributed by atoms with E-state index in [1.807, 2.05) is 0 Å². The maximum Gasteiger partial charge on any atom is 0.273 e. The predicted octanol–water partition coefficient (Wildman–Crippen LogP) is 2.88. The standard InChI is InChI=1S/C15H12FN3O3/c16-12-5-2-6-13(14(12)15-17-7-8-18-15)22-11-4-1-3-10(9-11)19(20)21/h1-6,9H,7-8H2,(H,17,18). The molecular formula is C15H12FN3O3. The highest BCUT2D eigenvalue weighted by atomic mass is 19.1. The summed E-state index contributed by atoms with van der Waals surface area (Å²) in [5.41, 5.74) is 0.137. The molecule has 1 aliphatic heterocycles. The Kier molecular flexibility index (Phi) is 3.69. The summed E-state index contributed by atoms with van der Waals surface area (Å²) in [6.07, 6.45) is 0. The minimum absolute atomic E-state index is 0.0909. The number of nitro groups is 1. The van der Waals surface area contributed by atoms with E-state index >= 15 is 0 Å². The topological polar surface area (TPSA) is 76.8 Å². The molecular weight excluding hydrogens is 289 g/mol. The van der Waals surface area contributed by atoms with Gasteiger partial charge in [0.1, 0.15) is 23.2 Å². The van der Waals surface area contributed by atoms with Gasteiger partial charge in [-0.05, 0) is 18.2 Å². The number of hydrogen-bond acceptors (Lipinski definition) is 5. The van der Waals surface area contributed by atoms with Crippen molar-refractivity contribution < 1.29 is 14.1 Å². The number of nitro benzene ring substituents is 1. The summed E-state index contributed by atoms with van der Waals surface area (Å²) in [5.74, 6) is 0.489. The van der Waals surface area contributed by atoms with Crippen LogP contribution in [0, 0.1) is 15.9 Å². The Morgan fingerprint density at radius 3 is 2.82 bits per heavy atom. The Bertz CT molecular complexity index is 761. The summed E-state index contributed by atoms with van der Waals surface area (Å²) < 4.78 is 19.7. The SMILES string of the molecule is O=[N+]([O-])c1cccc(Oc2cccc(F)c2C2=NCCN2)c1. The fourth-order valence-electron chi connectivity index (χ4n) is 2.17. The highest BCUT2D eigenvalue weighted by Crippen LogP contribution is 2.29. The van der Waals surface area contributed by atoms with Crippen LogP contribution in [0.25, 0.3) is 0 Å². The highest BCUT2D eigenvalue weighted by molar-refractivity contribution is 6.02. The third-order valence-corrected chi connectivity index (χ3v) is 3.14. The number of amidine groups is 1. The Labute approximate surface area is 125 Å². The van der Waals surface area contributed by atoms with E-state index in [1.165, 1.54) is 30.3 Å². The molecule has 0 fully saturated rings. The first-order valence-corrected chi connectivity index (χ1v) is 6.64. The second-order valence-corrected chi connectivity index (χ2v) is 4.63. The number of nitrogens with one attached hydrogen (secondary N) is 1. The third-order valence-electron chi connectivity index (χ3n) is 3.14. The number of non-ortho nitro benzene ring substituents is 1. The van der Waals surface area contributed by atoms with Gasteiger partial charge in [-0.2, -0.15) is 0 Å². The number of benzene rings is 2. The molecule has 1 heterocycles. The fraction of sp³-hybridized carbons (Fsp3) is 0.133. The molecule has 0 aliphatic carbocycles. The van der Waals surface area contributed by atoms with Crippen LogP contribution >= 0.6 is 0 Å². The molecule has 0 saturated carbocycles. The van der Waals surface area contributed by atoms with Gasteiger partial charge in [0, 0.05) is 12.6 Å². The molecule has 3 rings (SSSR count). The van der Waals surface area contributed by atoms with Crippen molar-refractivity contribution in [1.29, 1.82) is 0 Å². The maximum atomic E-state index is 14.1. The second kappa shape index (κ2) is 5.80. The second-order valence-electron chi connectivity index (χ2n) is 4.63. The molecule has 0 unspecified atom stereocenters. The summed E-state index contributed by atoms with van der Waals surface area (Å²) in [6, 6.07) is 10.2. The molecule has 6 nitrogen and oxygen atoms in total. The van der Waals surface area contributed by atoms with Crippen LogP contribution in [0.2, 0.25) is 0 Å². The van der Waals surface area contributed by atoms with Crippen molar-refractivity contribution in [2.24, 2.45) is 4.99 Å². The summed E-state index contributed by atoms with van der Waals surface area (Å²) in [4.78, 5) is 14.5. The van der Waals surface area contributed by atoms with Gasteiger partial charge in [0.25, 0.3) is 5.69 Å². The van der Waals surface area contributed by atoms with Crippen molar-refractivity contribution in [1.82, 2.24) is 5.32 Å². The minimum Gasteiger partial charge on any atom is -0.456 e. The number of rotatable bonds is 4. The summed E-state index contributed by atoms with van der Waals surface area (Å²) in [6.45, 7) is 1.21. The maximum absolute atomic E-state index is 14.1. The average molecular weight is 301 g/mol. The van der Waals surface area contributed by atoms with Crippen molar-refractivity contribution in [2.45, 2.75) is 0 Å². The molecule has 7 heteroatoms. The quantitative estimate of drug-likeness (QED) is 0.696. The van der Waals surface area contributed by atoms with E-state index in [9.17, 15) is 14.5 Å². The first kappa shape index (κ1) is 14.0. The van der Waals surface area contributed by atoms with Crippen LogP contribution in [0.15, 0.2) is 47.5 Å². The lowest BCUT2D eigenvalue weighted by atomic mass is 10.1. The van der Waals surface area contributed by atoms with E-state index in [0.717, 1.165) is 0 Å². The number of aliphatic imine (C=N–C) groups is 1. The zero-order valence-electron chi connectivity index (χ0n) is 11.5. The lowest BCUT2D eigenvalue weighted by Gasteiger charge is -2.12. The first-order chi connectivity index (χ1) is 10.6. The summed E-state index contributed by atoms with van der Waals surface area (Å²) >= 11 is 0. The molecule has 2 aromatic carbocycles. The van der Waals surface area contributed by atoms with Crippen molar-refractivity contribution in [3.63, 3.8) is 0 Å². The van der Waals surface area contributed by atoms with Crippen molar-refractivity contribution >= 4 is 11.5 Å². The Morgan fingerprint density at radius 1 is 1.27 bits per heavy atom. The smallest absolute Gasteiger partial charge is 0.273 e. The molecule has 112 valence electrons. The number of ether oxygens (including phenoxy) is 1. The zero-order chi connectivity index (χ0) is 15.5. The van der Waals surface area contributed by atoms with Crippen LogP contribution in [-0.2, 0) is 0 Å². The van der Waals surface area contributed by atoms with Crippen molar-refractivity contribution in [3.05, 3.63) is 64.0 Å². The minimum atomic E-state index is -0.512. The van der Waals surface area contributed by atoms with Crippen LogP contribution in [0.5, 0.6) is 11.5 Å². The van der Waals surface area contributed by atoms with Gasteiger partial charge in [-0.25, -0.2) is 4.39 Å². The predicted molar refractivity (Wildman–Crippen MR) is 79.0 cm³/mol. The van der Waals surface area contributed by atoms with Crippen LogP contribution in [0.3, 0.4) is 0 Å². The molecule has 2 aromatic rings. The number of halogens is 1. The normalized spacial score (nSPS) is 13.4. The van der Waals surface area contributed by atoms with E-state index in [1.54, 1.807) is 12.1 Å². The van der Waals surface area contributed by atoms with Gasteiger partial charge in [-0.15, -0.1) is 0 Å². The van der Waals surface area contributed by atoms with E-state index in [2.05, 4.69) is 10.3 Å². The Morgan fingerprint density at radius 2 is 2.09 bits per heavy atom. The molecule has 1 N–H and O–H groups in total. The summed E-state index contributed by atoms with van der Waals surface area (Å²) in [5, 5.41) is 13.8. The van der Waals surface area contributed by atoms with Crippen molar-refractivity contribution in [2.75, 3.05) is 13.1 Å². The van der Waals surface area contributed by atoms with Crippen LogP contribution in [0.4, 0.5) is 10.1 Å². The largest absolute Gasteiger partial charge is 0.456 e. The molecule has 0 aromatic heterocycles. The lowest BCUT2D eigenvalue weighted by molar-refractivity contribution is -0.384. The van der Waals surface area contributed by atoms with E-state index in [-0.39, 0.29) is 22.7 Å². The zero-order valence-corrected chi connectivity index (χ0v) is 11.5. The highest BCUT2D eigenvalue weighted by Gasteiger charge is 2.19. The monoisotopic (exact) mass is 301 g/mol. The fourth-order valence-corrected chi connectivity index (χ4v) is 2.17. The molecule has 0 spiro atoms. The van der Waals surface area contributed by atoms with E-state index in [4.69, 9.17) is 4.74 Å².